The van der Waals surface area contributed by atoms with Crippen LogP contribution < -0.4 is 5.43 Å². The molecule has 4 nitrogen and oxygen atoms in total. The van der Waals surface area contributed by atoms with Gasteiger partial charge < -0.3 is 10.5 Å². The minimum Gasteiger partial charge on any atom is -0.802 e. The number of halogens is 1. The predicted molar refractivity (Wildman–Crippen MR) is 94.0 cm³/mol. The van der Waals surface area contributed by atoms with Gasteiger partial charge in [0, 0.05) is 10.6 Å². The first-order valence-electron chi connectivity index (χ1n) is 6.98. The van der Waals surface area contributed by atoms with Crippen molar-refractivity contribution in [3.63, 3.8) is 0 Å². The fourth-order valence-electron chi connectivity index (χ4n) is 2.15. The number of nitrogens with one attached hydrogen (secondary N) is 1. The summed E-state index contributed by atoms with van der Waals surface area (Å²) in [4.78, 5) is 0. The number of nitrogens with zero attached hydrogens (tertiary/aromatic N) is 2. The smallest absolute Gasteiger partial charge is 0.144 e. The van der Waals surface area contributed by atoms with E-state index >= 15 is 0 Å². The second-order valence-electron chi connectivity index (χ2n) is 6.32. The SMILES string of the molecule is Cc1cc(N/N=C2/C=CC(Cl)=CC2=[N-])c(O)c(C(C)(C)C)c1. The van der Waals surface area contributed by atoms with Crippen LogP contribution in [-0.4, -0.2) is 16.5 Å². The molecule has 1 aromatic carbocycles. The number of phenols is 1. The van der Waals surface area contributed by atoms with Crippen molar-refractivity contribution in [3.05, 3.63) is 51.9 Å². The van der Waals surface area contributed by atoms with Crippen LogP contribution in [0.4, 0.5) is 5.69 Å². The molecule has 0 spiro atoms. The zero-order valence-electron chi connectivity index (χ0n) is 13.1. The van der Waals surface area contributed by atoms with Gasteiger partial charge in [-0.1, -0.05) is 44.5 Å². The Kier molecular flexibility index (Phi) is 4.42. The average molecular weight is 317 g/mol. The molecule has 0 radical (unpaired) electrons. The summed E-state index contributed by atoms with van der Waals surface area (Å²) in [5.41, 5.74) is 5.31. The molecule has 0 amide bonds. The Labute approximate surface area is 135 Å². The van der Waals surface area contributed by atoms with E-state index in [4.69, 9.17) is 11.6 Å². The van der Waals surface area contributed by atoms with E-state index in [0.29, 0.717) is 16.4 Å². The first-order chi connectivity index (χ1) is 10.2. The number of hydrogen-bond donors (Lipinski definition) is 2. The molecule has 0 fully saturated rings. The molecule has 0 heterocycles. The first-order valence-corrected chi connectivity index (χ1v) is 7.35. The summed E-state index contributed by atoms with van der Waals surface area (Å²) >= 11 is 5.79. The fourth-order valence-corrected chi connectivity index (χ4v) is 2.31. The van der Waals surface area contributed by atoms with Gasteiger partial charge in [-0.3, -0.25) is 5.43 Å². The number of hydrogen-bond acceptors (Lipinski definition) is 3. The normalized spacial score (nSPS) is 16.9. The molecule has 0 saturated carbocycles. The maximum Gasteiger partial charge on any atom is 0.144 e. The summed E-state index contributed by atoms with van der Waals surface area (Å²) < 4.78 is 0. The summed E-state index contributed by atoms with van der Waals surface area (Å²) in [6, 6.07) is 3.77. The lowest BCUT2D eigenvalue weighted by Gasteiger charge is -2.23. The van der Waals surface area contributed by atoms with Crippen molar-refractivity contribution in [2.75, 3.05) is 5.43 Å². The van der Waals surface area contributed by atoms with Crippen molar-refractivity contribution < 1.29 is 5.11 Å². The van der Waals surface area contributed by atoms with Gasteiger partial charge in [0.1, 0.15) is 5.75 Å². The minimum absolute atomic E-state index is 0.0248. The number of hydrazone groups is 1. The van der Waals surface area contributed by atoms with Gasteiger partial charge in [-0.2, -0.15) is 5.10 Å². The highest BCUT2D eigenvalue weighted by atomic mass is 35.5. The fraction of sp³-hybridized carbons (Fsp3) is 0.294. The van der Waals surface area contributed by atoms with Gasteiger partial charge in [-0.05, 0) is 36.1 Å². The number of rotatable bonds is 2. The predicted octanol–water partition coefficient (Wildman–Crippen LogP) is 4.47. The van der Waals surface area contributed by atoms with Crippen LogP contribution in [0.25, 0.3) is 5.41 Å². The van der Waals surface area contributed by atoms with Crippen LogP contribution in [0.5, 0.6) is 5.75 Å². The second kappa shape index (κ2) is 5.97. The van der Waals surface area contributed by atoms with Gasteiger partial charge in [0.2, 0.25) is 0 Å². The molecule has 1 aromatic rings. The maximum atomic E-state index is 10.4. The number of aryl methyl sites for hydroxylation is 1. The van der Waals surface area contributed by atoms with Crippen molar-refractivity contribution >= 4 is 28.7 Å². The van der Waals surface area contributed by atoms with E-state index in [0.717, 1.165) is 11.1 Å². The highest BCUT2D eigenvalue weighted by molar-refractivity contribution is 6.54. The number of allylic oxidation sites excluding steroid dienone is 4. The molecule has 116 valence electrons. The second-order valence-corrected chi connectivity index (χ2v) is 6.75. The molecule has 0 unspecified atom stereocenters. The van der Waals surface area contributed by atoms with E-state index < -0.39 is 0 Å². The van der Waals surface area contributed by atoms with Crippen LogP contribution in [0.2, 0.25) is 0 Å². The minimum atomic E-state index is -0.186. The van der Waals surface area contributed by atoms with Crippen molar-refractivity contribution in [2.45, 2.75) is 33.1 Å². The van der Waals surface area contributed by atoms with E-state index in [-0.39, 0.29) is 16.9 Å². The van der Waals surface area contributed by atoms with Crippen LogP contribution in [0.15, 0.2) is 40.5 Å². The third-order valence-electron chi connectivity index (χ3n) is 3.30. The Bertz CT molecular complexity index is 709. The topological polar surface area (TPSA) is 66.9 Å². The Morgan fingerprint density at radius 2 is 1.91 bits per heavy atom. The lowest BCUT2D eigenvalue weighted by molar-refractivity contribution is 0.448. The molecule has 2 rings (SSSR count). The van der Waals surface area contributed by atoms with E-state index in [9.17, 15) is 10.5 Å². The third-order valence-corrected chi connectivity index (χ3v) is 3.53. The Hall–Kier alpha value is -2.07. The van der Waals surface area contributed by atoms with E-state index in [2.05, 4.69) is 10.5 Å². The van der Waals surface area contributed by atoms with Crippen molar-refractivity contribution in [1.29, 1.82) is 0 Å². The largest absolute Gasteiger partial charge is 0.802 e. The highest BCUT2D eigenvalue weighted by Crippen LogP contribution is 2.37. The number of phenolic OH excluding ortho intramolecular Hbond substituents is 1. The quantitative estimate of drug-likeness (QED) is 0.480. The van der Waals surface area contributed by atoms with E-state index in [1.807, 2.05) is 33.8 Å². The van der Waals surface area contributed by atoms with Crippen molar-refractivity contribution in [3.8, 4) is 5.75 Å². The van der Waals surface area contributed by atoms with Gasteiger partial charge in [-0.25, -0.2) is 0 Å². The maximum absolute atomic E-state index is 10.4. The Balaban J connectivity index is 2.34. The average Bonchev–Trinajstić information content (AvgIpc) is 2.39. The molecule has 0 aromatic heterocycles. The van der Waals surface area contributed by atoms with Gasteiger partial charge >= 0.3 is 0 Å². The third kappa shape index (κ3) is 3.57. The highest BCUT2D eigenvalue weighted by Gasteiger charge is 2.20. The zero-order chi connectivity index (χ0) is 16.5. The summed E-state index contributed by atoms with van der Waals surface area (Å²) in [5.74, 6) is 0.162. The monoisotopic (exact) mass is 316 g/mol. The van der Waals surface area contributed by atoms with Crippen LogP contribution >= 0.6 is 11.6 Å². The van der Waals surface area contributed by atoms with Crippen molar-refractivity contribution in [2.24, 2.45) is 5.10 Å². The molecule has 1 aliphatic carbocycles. The van der Waals surface area contributed by atoms with Crippen LogP contribution in [0.3, 0.4) is 0 Å². The summed E-state index contributed by atoms with van der Waals surface area (Å²) in [7, 11) is 0. The standard InChI is InChI=1S/C17H19ClN3O/c1-10-7-12(17(2,3)4)16(22)15(8-10)21-20-14-6-5-11(18)9-13(14)19/h5-9,21-22H,1-4H3/q-1/b20-14-. The Morgan fingerprint density at radius 1 is 1.23 bits per heavy atom. The molecule has 0 bridgehead atoms. The molecule has 1 aliphatic rings. The molecule has 2 N–H and O–H groups in total. The number of benzene rings is 1. The van der Waals surface area contributed by atoms with Gasteiger partial charge in [0.05, 0.1) is 11.4 Å². The molecular weight excluding hydrogens is 298 g/mol. The van der Waals surface area contributed by atoms with E-state index in [1.54, 1.807) is 18.2 Å². The lowest BCUT2D eigenvalue weighted by atomic mass is 9.85. The van der Waals surface area contributed by atoms with Crippen molar-refractivity contribution in [1.82, 2.24) is 0 Å². The van der Waals surface area contributed by atoms with Gasteiger partial charge in [0.15, 0.2) is 0 Å². The summed E-state index contributed by atoms with van der Waals surface area (Å²) in [6.07, 6.45) is 4.65. The Morgan fingerprint density at radius 3 is 2.50 bits per heavy atom. The molecular formula is C17H19ClN3O-. The van der Waals surface area contributed by atoms with E-state index in [1.165, 1.54) is 6.08 Å². The lowest BCUT2D eigenvalue weighted by Crippen LogP contribution is -2.14. The van der Waals surface area contributed by atoms with Crippen LogP contribution in [-0.2, 0) is 5.41 Å². The van der Waals surface area contributed by atoms with Crippen LogP contribution in [0.1, 0.15) is 31.9 Å². The van der Waals surface area contributed by atoms with Gasteiger partial charge in [-0.15, -0.1) is 5.71 Å². The number of anilines is 1. The number of aromatic hydroxyl groups is 1. The summed E-state index contributed by atoms with van der Waals surface area (Å²) in [5, 5.41) is 24.8. The van der Waals surface area contributed by atoms with Crippen LogP contribution in [0, 0.1) is 6.92 Å². The summed E-state index contributed by atoms with van der Waals surface area (Å²) in [6.45, 7) is 8.06. The molecule has 0 saturated heterocycles. The first kappa shape index (κ1) is 16.3. The molecule has 0 atom stereocenters. The zero-order valence-corrected chi connectivity index (χ0v) is 13.9. The molecule has 0 aliphatic heterocycles. The molecule has 5 heteroatoms. The van der Waals surface area contributed by atoms with Gasteiger partial charge in [0.25, 0.3) is 0 Å². The molecule has 22 heavy (non-hydrogen) atoms.